The minimum atomic E-state index is -3.52. The number of benzene rings is 1. The Bertz CT molecular complexity index is 716. The summed E-state index contributed by atoms with van der Waals surface area (Å²) in [5.74, 6) is 1.50. The van der Waals surface area contributed by atoms with Gasteiger partial charge in [0.1, 0.15) is 4.21 Å². The van der Waals surface area contributed by atoms with E-state index in [1.807, 2.05) is 6.92 Å². The first-order valence-corrected chi connectivity index (χ1v) is 9.29. The van der Waals surface area contributed by atoms with Crippen LogP contribution in [0.2, 0.25) is 0 Å². The summed E-state index contributed by atoms with van der Waals surface area (Å²) in [6, 6.07) is 6.71. The molecule has 2 rings (SSSR count). The lowest BCUT2D eigenvalue weighted by Crippen LogP contribution is -2.22. The fourth-order valence-corrected chi connectivity index (χ4v) is 4.04. The summed E-state index contributed by atoms with van der Waals surface area (Å²) < 4.78 is 43.3. The van der Waals surface area contributed by atoms with E-state index in [1.165, 1.54) is 25.6 Å². The van der Waals surface area contributed by atoms with E-state index < -0.39 is 10.0 Å². The number of nitrogens with one attached hydrogen (secondary N) is 1. The summed E-state index contributed by atoms with van der Waals surface area (Å²) in [5, 5.41) is 1.72. The molecule has 0 spiro atoms. The first-order valence-electron chi connectivity index (χ1n) is 6.92. The van der Waals surface area contributed by atoms with Crippen LogP contribution in [0.3, 0.4) is 0 Å². The van der Waals surface area contributed by atoms with Crippen LogP contribution in [0.25, 0.3) is 0 Å². The average Bonchev–Trinajstić information content (AvgIpc) is 3.09. The second-order valence-electron chi connectivity index (χ2n) is 4.52. The first-order chi connectivity index (χ1) is 11.0. The molecule has 0 radical (unpaired) electrons. The number of thiophene rings is 1. The van der Waals surface area contributed by atoms with Crippen molar-refractivity contribution in [2.75, 3.05) is 20.8 Å². The zero-order valence-corrected chi connectivity index (χ0v) is 14.8. The average molecular weight is 357 g/mol. The normalized spacial score (nSPS) is 11.3. The highest BCUT2D eigenvalue weighted by Gasteiger charge is 2.17. The van der Waals surface area contributed by atoms with Gasteiger partial charge in [-0.1, -0.05) is 6.07 Å². The molecule has 1 aromatic heterocycles. The Morgan fingerprint density at radius 3 is 2.30 bits per heavy atom. The van der Waals surface area contributed by atoms with Crippen LogP contribution in [0.15, 0.2) is 33.9 Å². The minimum absolute atomic E-state index is 0.124. The van der Waals surface area contributed by atoms with Crippen LogP contribution >= 0.6 is 11.3 Å². The molecule has 0 bridgehead atoms. The van der Waals surface area contributed by atoms with Gasteiger partial charge < -0.3 is 14.2 Å². The molecule has 0 aliphatic rings. The van der Waals surface area contributed by atoms with E-state index in [1.54, 1.807) is 29.6 Å². The maximum Gasteiger partial charge on any atom is 0.250 e. The second-order valence-corrected chi connectivity index (χ2v) is 7.46. The van der Waals surface area contributed by atoms with Gasteiger partial charge in [-0.3, -0.25) is 0 Å². The highest BCUT2D eigenvalue weighted by atomic mass is 32.2. The second kappa shape index (κ2) is 7.67. The van der Waals surface area contributed by atoms with E-state index in [4.69, 9.17) is 14.2 Å². The Morgan fingerprint density at radius 1 is 1.17 bits per heavy atom. The molecule has 0 aliphatic carbocycles. The Labute approximate surface area is 140 Å². The van der Waals surface area contributed by atoms with Crippen LogP contribution in [0, 0.1) is 0 Å². The van der Waals surface area contributed by atoms with E-state index in [0.29, 0.717) is 29.4 Å². The molecular formula is C15H19NO5S2. The van der Waals surface area contributed by atoms with Crippen LogP contribution in [0.1, 0.15) is 12.5 Å². The smallest absolute Gasteiger partial charge is 0.250 e. The van der Waals surface area contributed by atoms with Crippen molar-refractivity contribution in [1.29, 1.82) is 0 Å². The van der Waals surface area contributed by atoms with Crippen molar-refractivity contribution in [1.82, 2.24) is 4.72 Å². The number of hydrogen-bond donors (Lipinski definition) is 1. The molecule has 8 heteroatoms. The van der Waals surface area contributed by atoms with Gasteiger partial charge in [0.2, 0.25) is 15.8 Å². The van der Waals surface area contributed by atoms with Gasteiger partial charge in [-0.15, -0.1) is 11.3 Å². The Morgan fingerprint density at radius 2 is 1.83 bits per heavy atom. The SMILES string of the molecule is CCOc1c(OC)cc(CNS(=O)(=O)c2cccs2)cc1OC. The van der Waals surface area contributed by atoms with E-state index in [-0.39, 0.29) is 10.8 Å². The monoisotopic (exact) mass is 357 g/mol. The Balaban J connectivity index is 2.23. The fourth-order valence-electron chi connectivity index (χ4n) is 1.99. The molecule has 1 aromatic carbocycles. The third-order valence-corrected chi connectivity index (χ3v) is 5.83. The first kappa shape index (κ1) is 17.6. The predicted octanol–water partition coefficient (Wildman–Crippen LogP) is 2.64. The third kappa shape index (κ3) is 4.15. The Kier molecular flexibility index (Phi) is 5.86. The topological polar surface area (TPSA) is 73.9 Å². The van der Waals surface area contributed by atoms with E-state index >= 15 is 0 Å². The van der Waals surface area contributed by atoms with Gasteiger partial charge in [0.15, 0.2) is 11.5 Å². The number of ether oxygens (including phenoxy) is 3. The summed E-state index contributed by atoms with van der Waals surface area (Å²) in [6.45, 7) is 2.46. The molecule has 2 aromatic rings. The van der Waals surface area contributed by atoms with Crippen molar-refractivity contribution in [3.8, 4) is 17.2 Å². The highest BCUT2D eigenvalue weighted by Crippen LogP contribution is 2.38. The van der Waals surface area contributed by atoms with Crippen LogP contribution in [-0.2, 0) is 16.6 Å². The zero-order valence-electron chi connectivity index (χ0n) is 13.2. The summed E-state index contributed by atoms with van der Waals surface area (Å²) in [6.07, 6.45) is 0. The van der Waals surface area contributed by atoms with Crippen LogP contribution in [-0.4, -0.2) is 29.2 Å². The Hall–Kier alpha value is -1.77. The van der Waals surface area contributed by atoms with Gasteiger partial charge in [0, 0.05) is 6.54 Å². The maximum absolute atomic E-state index is 12.2. The number of methoxy groups -OCH3 is 2. The van der Waals surface area contributed by atoms with Crippen molar-refractivity contribution in [3.63, 3.8) is 0 Å². The number of rotatable bonds is 8. The minimum Gasteiger partial charge on any atom is -0.493 e. The molecule has 0 saturated heterocycles. The van der Waals surface area contributed by atoms with Gasteiger partial charge in [-0.2, -0.15) is 0 Å². The van der Waals surface area contributed by atoms with Crippen LogP contribution < -0.4 is 18.9 Å². The molecule has 126 valence electrons. The highest BCUT2D eigenvalue weighted by molar-refractivity contribution is 7.91. The van der Waals surface area contributed by atoms with Crippen LogP contribution in [0.5, 0.6) is 17.2 Å². The van der Waals surface area contributed by atoms with Crippen molar-refractivity contribution in [3.05, 3.63) is 35.2 Å². The van der Waals surface area contributed by atoms with Crippen molar-refractivity contribution in [2.45, 2.75) is 17.7 Å². The summed E-state index contributed by atoms with van der Waals surface area (Å²) in [4.78, 5) is 0. The lowest BCUT2D eigenvalue weighted by Gasteiger charge is -2.15. The number of hydrogen-bond acceptors (Lipinski definition) is 6. The summed E-state index contributed by atoms with van der Waals surface area (Å²) in [5.41, 5.74) is 0.710. The lowest BCUT2D eigenvalue weighted by molar-refractivity contribution is 0.288. The largest absolute Gasteiger partial charge is 0.493 e. The molecule has 0 unspecified atom stereocenters. The predicted molar refractivity (Wildman–Crippen MR) is 89.1 cm³/mol. The number of sulfonamides is 1. The standard InChI is InChI=1S/C15H19NO5S2/c1-4-21-15-12(19-2)8-11(9-13(15)20-3)10-16-23(17,18)14-6-5-7-22-14/h5-9,16H,4,10H2,1-3H3. The van der Waals surface area contributed by atoms with Gasteiger partial charge in [0.25, 0.3) is 0 Å². The molecule has 1 heterocycles. The fraction of sp³-hybridized carbons (Fsp3) is 0.333. The lowest BCUT2D eigenvalue weighted by atomic mass is 10.2. The van der Waals surface area contributed by atoms with E-state index in [9.17, 15) is 8.42 Å². The molecule has 0 aliphatic heterocycles. The van der Waals surface area contributed by atoms with Gasteiger partial charge >= 0.3 is 0 Å². The van der Waals surface area contributed by atoms with Gasteiger partial charge in [-0.25, -0.2) is 13.1 Å². The van der Waals surface area contributed by atoms with Crippen LogP contribution in [0.4, 0.5) is 0 Å². The molecular weight excluding hydrogens is 338 g/mol. The summed E-state index contributed by atoms with van der Waals surface area (Å²) >= 11 is 1.17. The molecule has 0 fully saturated rings. The molecule has 0 amide bonds. The molecule has 23 heavy (non-hydrogen) atoms. The van der Waals surface area contributed by atoms with E-state index in [0.717, 1.165) is 0 Å². The molecule has 0 saturated carbocycles. The van der Waals surface area contributed by atoms with Crippen molar-refractivity contribution < 1.29 is 22.6 Å². The molecule has 0 atom stereocenters. The van der Waals surface area contributed by atoms with Gasteiger partial charge in [0.05, 0.1) is 20.8 Å². The molecule has 1 N–H and O–H groups in total. The molecule has 6 nitrogen and oxygen atoms in total. The third-order valence-electron chi connectivity index (χ3n) is 3.04. The van der Waals surface area contributed by atoms with Crippen molar-refractivity contribution in [2.24, 2.45) is 0 Å². The quantitative estimate of drug-likeness (QED) is 0.786. The maximum atomic E-state index is 12.2. The van der Waals surface area contributed by atoms with Crippen molar-refractivity contribution >= 4 is 21.4 Å². The van der Waals surface area contributed by atoms with Gasteiger partial charge in [-0.05, 0) is 36.1 Å². The zero-order chi connectivity index (χ0) is 16.9. The summed E-state index contributed by atoms with van der Waals surface area (Å²) in [7, 11) is -0.470. The van der Waals surface area contributed by atoms with E-state index in [2.05, 4.69) is 4.72 Å².